The molecule has 1 rings (SSSR count). The topological polar surface area (TPSA) is 96.3 Å². The van der Waals surface area contributed by atoms with Crippen LogP contribution in [-0.4, -0.2) is 32.4 Å². The smallest absolute Gasteiger partial charge is 0.435 e. The van der Waals surface area contributed by atoms with E-state index in [-0.39, 0.29) is 19.4 Å². The molecular weight excluding hydrogens is 317 g/mol. The van der Waals surface area contributed by atoms with Crippen LogP contribution >= 0.6 is 0 Å². The first-order chi connectivity index (χ1) is 10.5. The lowest BCUT2D eigenvalue weighted by molar-refractivity contribution is -0.143. The maximum absolute atomic E-state index is 13.0. The summed E-state index contributed by atoms with van der Waals surface area (Å²) in [4.78, 5) is 22.4. The molecule has 7 nitrogen and oxygen atoms in total. The number of carboxylic acids is 1. The number of aromatic nitrogens is 2. The average Bonchev–Trinajstić information content (AvgIpc) is 2.78. The van der Waals surface area contributed by atoms with Crippen molar-refractivity contribution in [3.05, 3.63) is 11.9 Å². The van der Waals surface area contributed by atoms with Crippen LogP contribution in [0.3, 0.4) is 0 Å². The number of halogens is 3. The predicted octanol–water partition coefficient (Wildman–Crippen LogP) is 2.69. The molecule has 0 aliphatic carbocycles. The molecule has 23 heavy (non-hydrogen) atoms. The molecular formula is C13H19F3N4O3. The van der Waals surface area contributed by atoms with Gasteiger partial charge in [0, 0.05) is 18.5 Å². The number of carbonyl (C=O) groups is 2. The van der Waals surface area contributed by atoms with Gasteiger partial charge >= 0.3 is 18.2 Å². The van der Waals surface area contributed by atoms with Gasteiger partial charge in [0.25, 0.3) is 0 Å². The molecule has 0 aliphatic rings. The van der Waals surface area contributed by atoms with Crippen LogP contribution in [-0.2, 0) is 17.5 Å². The molecule has 0 unspecified atom stereocenters. The van der Waals surface area contributed by atoms with Crippen molar-refractivity contribution < 1.29 is 27.9 Å². The molecule has 0 saturated carbocycles. The third-order valence-corrected chi connectivity index (χ3v) is 3.07. The van der Waals surface area contributed by atoms with Crippen LogP contribution in [0.25, 0.3) is 0 Å². The number of nitrogens with one attached hydrogen (secondary N) is 2. The zero-order valence-corrected chi connectivity index (χ0v) is 13.0. The normalized spacial score (nSPS) is 12.1. The van der Waals surface area contributed by atoms with Crippen LogP contribution in [0.1, 0.15) is 39.3 Å². The minimum Gasteiger partial charge on any atom is -0.481 e. The number of urea groups is 1. The summed E-state index contributed by atoms with van der Waals surface area (Å²) in [6.45, 7) is 4.66. The van der Waals surface area contributed by atoms with Gasteiger partial charge in [0.1, 0.15) is 0 Å². The molecule has 0 spiro atoms. The van der Waals surface area contributed by atoms with Crippen LogP contribution in [0.5, 0.6) is 0 Å². The van der Waals surface area contributed by atoms with Crippen molar-refractivity contribution in [3.63, 3.8) is 0 Å². The molecule has 0 bridgehead atoms. The van der Waals surface area contributed by atoms with Gasteiger partial charge in [-0.15, -0.1) is 0 Å². The fraction of sp³-hybridized carbons (Fsp3) is 0.615. The Bertz CT molecular complexity index is 582. The van der Waals surface area contributed by atoms with Crippen molar-refractivity contribution in [2.45, 2.75) is 51.9 Å². The molecule has 0 aliphatic heterocycles. The van der Waals surface area contributed by atoms with E-state index in [0.717, 1.165) is 10.9 Å². The molecule has 3 N–H and O–H groups in total. The molecule has 0 radical (unpaired) electrons. The highest BCUT2D eigenvalue weighted by molar-refractivity contribution is 5.90. The quantitative estimate of drug-likeness (QED) is 0.744. The number of aryl methyl sites for hydroxylation is 1. The first-order valence-electron chi connectivity index (χ1n) is 6.90. The van der Waals surface area contributed by atoms with Crippen molar-refractivity contribution in [1.82, 2.24) is 15.1 Å². The standard InChI is InChI=1S/C13H19F3N4O3/c1-4-20-10(13(14,15)16)8(7-17-20)18-11(23)19-12(2,3)6-5-9(21)22/h7H,4-6H2,1-3H3,(H,21,22)(H2,18,19,23). The highest BCUT2D eigenvalue weighted by Gasteiger charge is 2.38. The molecule has 1 aromatic rings. The van der Waals surface area contributed by atoms with Crippen molar-refractivity contribution in [3.8, 4) is 0 Å². The number of rotatable bonds is 6. The van der Waals surface area contributed by atoms with Gasteiger partial charge < -0.3 is 15.7 Å². The van der Waals surface area contributed by atoms with Crippen LogP contribution in [0, 0.1) is 0 Å². The SMILES string of the molecule is CCn1ncc(NC(=O)NC(C)(C)CCC(=O)O)c1C(F)(F)F. The average molecular weight is 336 g/mol. The first-order valence-corrected chi connectivity index (χ1v) is 6.90. The lowest BCUT2D eigenvalue weighted by atomic mass is 9.99. The van der Waals surface area contributed by atoms with E-state index in [0.29, 0.717) is 0 Å². The summed E-state index contributed by atoms with van der Waals surface area (Å²) in [6, 6.07) is -0.860. The Hall–Kier alpha value is -2.26. The van der Waals surface area contributed by atoms with E-state index in [1.165, 1.54) is 6.92 Å². The van der Waals surface area contributed by atoms with Gasteiger partial charge in [-0.3, -0.25) is 9.48 Å². The molecule has 0 atom stereocenters. The van der Waals surface area contributed by atoms with Gasteiger partial charge in [-0.2, -0.15) is 18.3 Å². The molecule has 130 valence electrons. The molecule has 0 saturated heterocycles. The van der Waals surface area contributed by atoms with Crippen LogP contribution in [0.15, 0.2) is 6.20 Å². The highest BCUT2D eigenvalue weighted by Crippen LogP contribution is 2.34. The summed E-state index contributed by atoms with van der Waals surface area (Å²) in [5.74, 6) is -1.02. The van der Waals surface area contributed by atoms with E-state index in [9.17, 15) is 22.8 Å². The number of hydrogen-bond donors (Lipinski definition) is 3. The molecule has 0 fully saturated rings. The highest BCUT2D eigenvalue weighted by atomic mass is 19.4. The fourth-order valence-corrected chi connectivity index (χ4v) is 1.96. The van der Waals surface area contributed by atoms with Gasteiger partial charge in [-0.1, -0.05) is 0 Å². The fourth-order valence-electron chi connectivity index (χ4n) is 1.96. The second-order valence-electron chi connectivity index (χ2n) is 5.58. The number of alkyl halides is 3. The number of carboxylic acid groups (broad SMARTS) is 1. The monoisotopic (exact) mass is 336 g/mol. The van der Waals surface area contributed by atoms with Crippen molar-refractivity contribution in [2.24, 2.45) is 0 Å². The van der Waals surface area contributed by atoms with Gasteiger partial charge in [0.15, 0.2) is 5.69 Å². The van der Waals surface area contributed by atoms with Crippen LogP contribution < -0.4 is 10.6 Å². The van der Waals surface area contributed by atoms with Gasteiger partial charge in [-0.05, 0) is 27.2 Å². The Balaban J connectivity index is 2.82. The predicted molar refractivity (Wildman–Crippen MR) is 76.0 cm³/mol. The van der Waals surface area contributed by atoms with E-state index < -0.39 is 35.1 Å². The van der Waals surface area contributed by atoms with E-state index in [1.807, 2.05) is 0 Å². The molecule has 1 aromatic heterocycles. The number of carbonyl (C=O) groups excluding carboxylic acids is 1. The minimum atomic E-state index is -4.66. The van der Waals surface area contributed by atoms with Gasteiger partial charge in [0.2, 0.25) is 0 Å². The first kappa shape index (κ1) is 18.8. The minimum absolute atomic E-state index is 0.00223. The van der Waals surface area contributed by atoms with Crippen LogP contribution in [0.4, 0.5) is 23.7 Å². The number of nitrogens with zero attached hydrogens (tertiary/aromatic N) is 2. The molecule has 10 heteroatoms. The van der Waals surface area contributed by atoms with Crippen molar-refractivity contribution >= 4 is 17.7 Å². The summed E-state index contributed by atoms with van der Waals surface area (Å²) in [5.41, 5.74) is -2.38. The summed E-state index contributed by atoms with van der Waals surface area (Å²) in [7, 11) is 0. The third-order valence-electron chi connectivity index (χ3n) is 3.07. The Morgan fingerprint density at radius 2 is 1.96 bits per heavy atom. The van der Waals surface area contributed by atoms with E-state index in [2.05, 4.69) is 15.7 Å². The van der Waals surface area contributed by atoms with Crippen molar-refractivity contribution in [1.29, 1.82) is 0 Å². The van der Waals surface area contributed by atoms with E-state index in [4.69, 9.17) is 5.11 Å². The number of hydrogen-bond acceptors (Lipinski definition) is 3. The zero-order chi connectivity index (χ0) is 17.8. The Morgan fingerprint density at radius 3 is 2.43 bits per heavy atom. The number of amides is 2. The molecule has 1 heterocycles. The second kappa shape index (κ2) is 6.88. The second-order valence-corrected chi connectivity index (χ2v) is 5.58. The zero-order valence-electron chi connectivity index (χ0n) is 13.0. The van der Waals surface area contributed by atoms with Gasteiger partial charge in [0.05, 0.1) is 11.9 Å². The summed E-state index contributed by atoms with van der Waals surface area (Å²) in [6.07, 6.45) is -3.77. The largest absolute Gasteiger partial charge is 0.481 e. The third kappa shape index (κ3) is 5.46. The van der Waals surface area contributed by atoms with Crippen LogP contribution in [0.2, 0.25) is 0 Å². The Kier molecular flexibility index (Phi) is 5.62. The Morgan fingerprint density at radius 1 is 1.35 bits per heavy atom. The maximum atomic E-state index is 13.0. The maximum Gasteiger partial charge on any atom is 0.435 e. The van der Waals surface area contributed by atoms with E-state index >= 15 is 0 Å². The number of aliphatic carboxylic acids is 1. The van der Waals surface area contributed by atoms with E-state index in [1.54, 1.807) is 13.8 Å². The van der Waals surface area contributed by atoms with Crippen molar-refractivity contribution in [2.75, 3.05) is 5.32 Å². The molecule has 0 aromatic carbocycles. The Labute approximate surface area is 130 Å². The van der Waals surface area contributed by atoms with Gasteiger partial charge in [-0.25, -0.2) is 4.79 Å². The summed E-state index contributed by atoms with van der Waals surface area (Å²) < 4.78 is 39.8. The lowest BCUT2D eigenvalue weighted by Crippen LogP contribution is -2.46. The summed E-state index contributed by atoms with van der Waals surface area (Å²) >= 11 is 0. The lowest BCUT2D eigenvalue weighted by Gasteiger charge is -2.25. The summed E-state index contributed by atoms with van der Waals surface area (Å²) in [5, 5.41) is 16.8. The number of anilines is 1. The molecule has 2 amide bonds.